The third kappa shape index (κ3) is 3.46. The van der Waals surface area contributed by atoms with Crippen molar-refractivity contribution in [3.63, 3.8) is 0 Å². The van der Waals surface area contributed by atoms with E-state index in [4.69, 9.17) is 0 Å². The second-order valence-corrected chi connectivity index (χ2v) is 7.78. The van der Waals surface area contributed by atoms with E-state index in [-0.39, 0.29) is 5.41 Å². The van der Waals surface area contributed by atoms with Gasteiger partial charge in [0.05, 0.1) is 0 Å². The predicted octanol–water partition coefficient (Wildman–Crippen LogP) is 2.39. The van der Waals surface area contributed by atoms with Crippen LogP contribution in [0.2, 0.25) is 0 Å². The van der Waals surface area contributed by atoms with Crippen molar-refractivity contribution in [3.8, 4) is 0 Å². The second kappa shape index (κ2) is 5.45. The lowest BCUT2D eigenvalue weighted by Gasteiger charge is -2.27. The van der Waals surface area contributed by atoms with Gasteiger partial charge in [0, 0.05) is 31.6 Å². The van der Waals surface area contributed by atoms with Crippen LogP contribution >= 0.6 is 0 Å². The van der Waals surface area contributed by atoms with E-state index < -0.39 is 0 Å². The van der Waals surface area contributed by atoms with Crippen molar-refractivity contribution >= 4 is 5.91 Å². The summed E-state index contributed by atoms with van der Waals surface area (Å²) in [6.45, 7) is 8.29. The Bertz CT molecular complexity index is 507. The number of benzene rings is 1. The smallest absolute Gasteiger partial charge is 0.224 e. The second-order valence-electron chi connectivity index (χ2n) is 7.78. The zero-order valence-corrected chi connectivity index (χ0v) is 13.4. The van der Waals surface area contributed by atoms with Gasteiger partial charge in [0.25, 0.3) is 0 Å². The molecule has 21 heavy (non-hydrogen) atoms. The molecule has 1 saturated heterocycles. The van der Waals surface area contributed by atoms with Crippen LogP contribution in [0.1, 0.15) is 38.3 Å². The Hall–Kier alpha value is -1.35. The van der Waals surface area contributed by atoms with E-state index in [1.807, 2.05) is 4.90 Å². The first kappa shape index (κ1) is 14.6. The maximum absolute atomic E-state index is 12.1. The van der Waals surface area contributed by atoms with Crippen molar-refractivity contribution in [2.45, 2.75) is 52.1 Å². The van der Waals surface area contributed by atoms with Gasteiger partial charge in [-0.3, -0.25) is 4.79 Å². The van der Waals surface area contributed by atoms with Gasteiger partial charge in [0.15, 0.2) is 0 Å². The number of nitrogens with zero attached hydrogens (tertiary/aromatic N) is 1. The lowest BCUT2D eigenvalue weighted by Crippen LogP contribution is -2.41. The van der Waals surface area contributed by atoms with Gasteiger partial charge < -0.3 is 10.2 Å². The summed E-state index contributed by atoms with van der Waals surface area (Å²) in [5.41, 5.74) is 3.10. The topological polar surface area (TPSA) is 32.3 Å². The first-order chi connectivity index (χ1) is 9.90. The van der Waals surface area contributed by atoms with Crippen LogP contribution < -0.4 is 5.32 Å². The van der Waals surface area contributed by atoms with Gasteiger partial charge in [0.2, 0.25) is 5.91 Å². The van der Waals surface area contributed by atoms with Gasteiger partial charge in [-0.25, -0.2) is 0 Å². The lowest BCUT2D eigenvalue weighted by atomic mass is 9.96. The molecule has 1 aromatic rings. The maximum atomic E-state index is 12.1. The third-order valence-electron chi connectivity index (χ3n) is 4.40. The van der Waals surface area contributed by atoms with Gasteiger partial charge in [0.1, 0.15) is 0 Å². The summed E-state index contributed by atoms with van der Waals surface area (Å²) in [6, 6.07) is 9.50. The number of fused-ring (bicyclic) bond motifs is 1. The number of hydrogen-bond acceptors (Lipinski definition) is 2. The molecule has 0 radical (unpaired) electrons. The Morgan fingerprint density at radius 2 is 1.71 bits per heavy atom. The van der Waals surface area contributed by atoms with E-state index in [0.717, 1.165) is 25.9 Å². The number of carbonyl (C=O) groups is 1. The number of carbonyl (C=O) groups excluding carboxylic acids is 1. The Morgan fingerprint density at radius 1 is 1.10 bits per heavy atom. The minimum atomic E-state index is 0.175. The molecule has 3 rings (SSSR count). The molecule has 0 bridgehead atoms. The average molecular weight is 286 g/mol. The molecule has 1 amide bonds. The molecule has 3 nitrogen and oxygen atoms in total. The number of likely N-dealkylation sites (tertiary alicyclic amines) is 1. The van der Waals surface area contributed by atoms with E-state index in [1.165, 1.54) is 11.1 Å². The SMILES string of the molecule is CC(C)(C)CN1CC(NC2Cc3ccccc3C2)CC1=O. The molecule has 0 saturated carbocycles. The van der Waals surface area contributed by atoms with Crippen LogP contribution in [0.15, 0.2) is 24.3 Å². The molecule has 1 N–H and O–H groups in total. The minimum absolute atomic E-state index is 0.175. The highest BCUT2D eigenvalue weighted by Crippen LogP contribution is 2.24. The molecule has 1 unspecified atom stereocenters. The monoisotopic (exact) mass is 286 g/mol. The van der Waals surface area contributed by atoms with Crippen LogP contribution in [-0.4, -0.2) is 36.0 Å². The highest BCUT2D eigenvalue weighted by molar-refractivity contribution is 5.79. The molecule has 1 aliphatic carbocycles. The van der Waals surface area contributed by atoms with Crippen molar-refractivity contribution in [2.75, 3.05) is 13.1 Å². The Labute approximate surface area is 127 Å². The van der Waals surface area contributed by atoms with Gasteiger partial charge in [-0.15, -0.1) is 0 Å². The molecule has 114 valence electrons. The van der Waals surface area contributed by atoms with E-state index in [9.17, 15) is 4.79 Å². The number of amides is 1. The third-order valence-corrected chi connectivity index (χ3v) is 4.40. The summed E-state index contributed by atoms with van der Waals surface area (Å²) in [6.07, 6.45) is 2.85. The van der Waals surface area contributed by atoms with Gasteiger partial charge in [-0.2, -0.15) is 0 Å². The standard InChI is InChI=1S/C18H26N2O/c1-18(2,3)12-20-11-16(10-17(20)21)19-15-8-13-6-4-5-7-14(13)9-15/h4-7,15-16,19H,8-12H2,1-3H3. The summed E-state index contributed by atoms with van der Waals surface area (Å²) < 4.78 is 0. The molecule has 1 aromatic carbocycles. The predicted molar refractivity (Wildman–Crippen MR) is 85.2 cm³/mol. The molecule has 0 spiro atoms. The van der Waals surface area contributed by atoms with Crippen LogP contribution in [0, 0.1) is 5.41 Å². The van der Waals surface area contributed by atoms with Crippen molar-refractivity contribution in [3.05, 3.63) is 35.4 Å². The van der Waals surface area contributed by atoms with Crippen molar-refractivity contribution in [1.82, 2.24) is 10.2 Å². The highest BCUT2D eigenvalue weighted by Gasteiger charge is 2.34. The molecule has 0 aromatic heterocycles. The van der Waals surface area contributed by atoms with Gasteiger partial charge in [-0.05, 0) is 29.4 Å². The van der Waals surface area contributed by atoms with Crippen molar-refractivity contribution < 1.29 is 4.79 Å². The quantitative estimate of drug-likeness (QED) is 0.925. The maximum Gasteiger partial charge on any atom is 0.224 e. The largest absolute Gasteiger partial charge is 0.341 e. The fraction of sp³-hybridized carbons (Fsp3) is 0.611. The Morgan fingerprint density at radius 3 is 2.29 bits per heavy atom. The molecule has 1 heterocycles. The Kier molecular flexibility index (Phi) is 3.78. The van der Waals surface area contributed by atoms with Crippen LogP contribution in [0.3, 0.4) is 0 Å². The van der Waals surface area contributed by atoms with E-state index in [1.54, 1.807) is 0 Å². The van der Waals surface area contributed by atoms with Crippen LogP contribution in [0.25, 0.3) is 0 Å². The highest BCUT2D eigenvalue weighted by atomic mass is 16.2. The van der Waals surface area contributed by atoms with Gasteiger partial charge >= 0.3 is 0 Å². The molecule has 1 aliphatic heterocycles. The zero-order valence-electron chi connectivity index (χ0n) is 13.4. The van der Waals surface area contributed by atoms with E-state index >= 15 is 0 Å². The number of rotatable bonds is 3. The van der Waals surface area contributed by atoms with Crippen LogP contribution in [0.5, 0.6) is 0 Å². The molecule has 1 atom stereocenters. The summed E-state index contributed by atoms with van der Waals surface area (Å²) in [5.74, 6) is 0.304. The summed E-state index contributed by atoms with van der Waals surface area (Å²) in [4.78, 5) is 14.2. The number of hydrogen-bond donors (Lipinski definition) is 1. The first-order valence-corrected chi connectivity index (χ1v) is 8.01. The van der Waals surface area contributed by atoms with Crippen molar-refractivity contribution in [2.24, 2.45) is 5.41 Å². The molecular weight excluding hydrogens is 260 g/mol. The number of nitrogens with one attached hydrogen (secondary N) is 1. The zero-order chi connectivity index (χ0) is 15.0. The lowest BCUT2D eigenvalue weighted by molar-refractivity contribution is -0.128. The fourth-order valence-corrected chi connectivity index (χ4v) is 3.62. The summed E-state index contributed by atoms with van der Waals surface area (Å²) in [5, 5.41) is 3.71. The summed E-state index contributed by atoms with van der Waals surface area (Å²) >= 11 is 0. The molecule has 2 aliphatic rings. The normalized spacial score (nSPS) is 22.9. The van der Waals surface area contributed by atoms with Crippen LogP contribution in [-0.2, 0) is 17.6 Å². The van der Waals surface area contributed by atoms with E-state index in [0.29, 0.717) is 24.4 Å². The minimum Gasteiger partial charge on any atom is -0.341 e. The fourth-order valence-electron chi connectivity index (χ4n) is 3.62. The van der Waals surface area contributed by atoms with E-state index in [2.05, 4.69) is 50.4 Å². The molecule has 1 fully saturated rings. The first-order valence-electron chi connectivity index (χ1n) is 8.01. The Balaban J connectivity index is 1.55. The van der Waals surface area contributed by atoms with Gasteiger partial charge in [-0.1, -0.05) is 45.0 Å². The summed E-state index contributed by atoms with van der Waals surface area (Å²) in [7, 11) is 0. The van der Waals surface area contributed by atoms with Crippen molar-refractivity contribution in [1.29, 1.82) is 0 Å². The molecule has 3 heteroatoms. The van der Waals surface area contributed by atoms with Crippen LogP contribution in [0.4, 0.5) is 0 Å². The molecular formula is C18H26N2O. The average Bonchev–Trinajstić information content (AvgIpc) is 2.91.